The zero-order chi connectivity index (χ0) is 17.4. The molecular formula is C20H28N2O2. The highest BCUT2D eigenvalue weighted by Crippen LogP contribution is 2.20. The fraction of sp³-hybridized carbons (Fsp3) is 0.500. The lowest BCUT2D eigenvalue weighted by Crippen LogP contribution is -2.40. The van der Waals surface area contributed by atoms with Gasteiger partial charge in [-0.3, -0.25) is 9.59 Å². The van der Waals surface area contributed by atoms with Gasteiger partial charge < -0.3 is 10.2 Å². The molecule has 0 atom stereocenters. The Bertz CT molecular complexity index is 607. The van der Waals surface area contributed by atoms with Crippen molar-refractivity contribution in [2.45, 2.75) is 52.5 Å². The van der Waals surface area contributed by atoms with Crippen molar-refractivity contribution in [2.24, 2.45) is 0 Å². The summed E-state index contributed by atoms with van der Waals surface area (Å²) in [6.45, 7) is 4.82. The van der Waals surface area contributed by atoms with Crippen molar-refractivity contribution in [1.29, 1.82) is 0 Å². The molecule has 0 unspecified atom stereocenters. The third-order valence-electron chi connectivity index (χ3n) is 4.60. The SMILES string of the molecule is CC(=O)N(CCC1=CCCCC1)CC(=O)NCc1ccccc1C. The maximum atomic E-state index is 12.2. The van der Waals surface area contributed by atoms with Crippen LogP contribution in [0, 0.1) is 6.92 Å². The topological polar surface area (TPSA) is 49.4 Å². The molecule has 24 heavy (non-hydrogen) atoms. The van der Waals surface area contributed by atoms with Gasteiger partial charge >= 0.3 is 0 Å². The van der Waals surface area contributed by atoms with Gasteiger partial charge in [0, 0.05) is 20.0 Å². The van der Waals surface area contributed by atoms with Crippen LogP contribution < -0.4 is 5.32 Å². The number of benzene rings is 1. The summed E-state index contributed by atoms with van der Waals surface area (Å²) in [5.41, 5.74) is 3.69. The van der Waals surface area contributed by atoms with Gasteiger partial charge in [0.2, 0.25) is 11.8 Å². The van der Waals surface area contributed by atoms with Gasteiger partial charge in [0.15, 0.2) is 0 Å². The molecule has 1 aromatic rings. The van der Waals surface area contributed by atoms with Crippen molar-refractivity contribution >= 4 is 11.8 Å². The molecule has 1 aromatic carbocycles. The molecule has 0 bridgehead atoms. The third kappa shape index (κ3) is 5.84. The van der Waals surface area contributed by atoms with Gasteiger partial charge in [-0.15, -0.1) is 0 Å². The monoisotopic (exact) mass is 328 g/mol. The van der Waals surface area contributed by atoms with Gasteiger partial charge in [-0.25, -0.2) is 0 Å². The number of carbonyl (C=O) groups is 2. The van der Waals surface area contributed by atoms with E-state index in [1.165, 1.54) is 25.3 Å². The van der Waals surface area contributed by atoms with Crippen LogP contribution in [0.4, 0.5) is 0 Å². The Balaban J connectivity index is 1.81. The molecule has 2 amide bonds. The number of hydrogen-bond acceptors (Lipinski definition) is 2. The van der Waals surface area contributed by atoms with E-state index in [2.05, 4.69) is 11.4 Å². The summed E-state index contributed by atoms with van der Waals surface area (Å²) in [4.78, 5) is 25.6. The Morgan fingerprint density at radius 2 is 2.00 bits per heavy atom. The second kappa shape index (κ2) is 9.26. The first-order chi connectivity index (χ1) is 11.6. The first kappa shape index (κ1) is 18.2. The Morgan fingerprint density at radius 3 is 2.67 bits per heavy atom. The fourth-order valence-corrected chi connectivity index (χ4v) is 2.99. The van der Waals surface area contributed by atoms with E-state index in [1.807, 2.05) is 31.2 Å². The summed E-state index contributed by atoms with van der Waals surface area (Å²) in [6, 6.07) is 7.99. The van der Waals surface area contributed by atoms with E-state index >= 15 is 0 Å². The smallest absolute Gasteiger partial charge is 0.239 e. The maximum absolute atomic E-state index is 12.2. The van der Waals surface area contributed by atoms with Gasteiger partial charge in [-0.05, 0) is 50.2 Å². The molecule has 0 saturated heterocycles. The molecule has 130 valence electrons. The van der Waals surface area contributed by atoms with Crippen LogP contribution >= 0.6 is 0 Å². The number of allylic oxidation sites excluding steroid dienone is 1. The molecule has 0 radical (unpaired) electrons. The normalized spacial score (nSPS) is 14.0. The van der Waals surface area contributed by atoms with E-state index in [1.54, 1.807) is 4.90 Å². The van der Waals surface area contributed by atoms with Crippen molar-refractivity contribution in [3.05, 3.63) is 47.0 Å². The quantitative estimate of drug-likeness (QED) is 0.780. The molecular weight excluding hydrogens is 300 g/mol. The number of nitrogens with one attached hydrogen (secondary N) is 1. The van der Waals surface area contributed by atoms with E-state index in [0.717, 1.165) is 30.4 Å². The number of hydrogen-bond donors (Lipinski definition) is 1. The third-order valence-corrected chi connectivity index (χ3v) is 4.60. The zero-order valence-corrected chi connectivity index (χ0v) is 14.8. The van der Waals surface area contributed by atoms with Gasteiger partial charge in [0.05, 0.1) is 6.54 Å². The molecule has 0 saturated carbocycles. The highest BCUT2D eigenvalue weighted by molar-refractivity contribution is 5.83. The Hall–Kier alpha value is -2.10. The summed E-state index contributed by atoms with van der Waals surface area (Å²) < 4.78 is 0. The lowest BCUT2D eigenvalue weighted by Gasteiger charge is -2.22. The highest BCUT2D eigenvalue weighted by atomic mass is 16.2. The Kier molecular flexibility index (Phi) is 7.04. The van der Waals surface area contributed by atoms with Crippen LogP contribution in [0.3, 0.4) is 0 Å². The predicted octanol–water partition coefficient (Wildman–Crippen LogP) is 3.35. The first-order valence-electron chi connectivity index (χ1n) is 8.81. The number of rotatable bonds is 7. The van der Waals surface area contributed by atoms with Crippen LogP contribution in [-0.2, 0) is 16.1 Å². The number of nitrogens with zero attached hydrogens (tertiary/aromatic N) is 1. The minimum absolute atomic E-state index is 0.0440. The van der Waals surface area contributed by atoms with E-state index in [9.17, 15) is 9.59 Å². The summed E-state index contributed by atoms with van der Waals surface area (Å²) in [5.74, 6) is -0.150. The van der Waals surface area contributed by atoms with Crippen molar-refractivity contribution in [1.82, 2.24) is 10.2 Å². The summed E-state index contributed by atoms with van der Waals surface area (Å²) in [6.07, 6.45) is 7.95. The van der Waals surface area contributed by atoms with E-state index in [0.29, 0.717) is 13.1 Å². The number of carbonyl (C=O) groups excluding carboxylic acids is 2. The second-order valence-electron chi connectivity index (χ2n) is 6.50. The lowest BCUT2D eigenvalue weighted by atomic mass is 9.97. The molecule has 2 rings (SSSR count). The Labute approximate surface area is 144 Å². The van der Waals surface area contributed by atoms with Crippen LogP contribution in [0.25, 0.3) is 0 Å². The second-order valence-corrected chi connectivity index (χ2v) is 6.50. The number of amides is 2. The standard InChI is InChI=1S/C20H28N2O2/c1-16-8-6-7-11-19(16)14-21-20(24)15-22(17(2)23)13-12-18-9-4-3-5-10-18/h6-9,11H,3-5,10,12-15H2,1-2H3,(H,21,24). The average molecular weight is 328 g/mol. The van der Waals surface area contributed by atoms with E-state index < -0.39 is 0 Å². The first-order valence-corrected chi connectivity index (χ1v) is 8.81. The van der Waals surface area contributed by atoms with Gasteiger partial charge in [-0.2, -0.15) is 0 Å². The molecule has 0 aliphatic heterocycles. The Morgan fingerprint density at radius 1 is 1.21 bits per heavy atom. The fourth-order valence-electron chi connectivity index (χ4n) is 2.99. The minimum atomic E-state index is -0.105. The largest absolute Gasteiger partial charge is 0.350 e. The molecule has 0 spiro atoms. The molecule has 1 N–H and O–H groups in total. The maximum Gasteiger partial charge on any atom is 0.239 e. The van der Waals surface area contributed by atoms with E-state index in [-0.39, 0.29) is 18.4 Å². The van der Waals surface area contributed by atoms with Crippen LogP contribution in [0.1, 0.15) is 50.2 Å². The molecule has 1 aliphatic carbocycles. The molecule has 1 aliphatic rings. The highest BCUT2D eigenvalue weighted by Gasteiger charge is 2.14. The van der Waals surface area contributed by atoms with Crippen LogP contribution in [-0.4, -0.2) is 29.8 Å². The molecule has 0 fully saturated rings. The summed E-state index contributed by atoms with van der Waals surface area (Å²) >= 11 is 0. The van der Waals surface area contributed by atoms with E-state index in [4.69, 9.17) is 0 Å². The van der Waals surface area contributed by atoms with Gasteiger partial charge in [0.1, 0.15) is 0 Å². The van der Waals surface area contributed by atoms with Crippen molar-refractivity contribution in [3.63, 3.8) is 0 Å². The molecule has 0 heterocycles. The zero-order valence-electron chi connectivity index (χ0n) is 14.8. The lowest BCUT2D eigenvalue weighted by molar-refractivity contribution is -0.134. The van der Waals surface area contributed by atoms with Crippen molar-refractivity contribution in [3.8, 4) is 0 Å². The molecule has 4 nitrogen and oxygen atoms in total. The van der Waals surface area contributed by atoms with Crippen molar-refractivity contribution in [2.75, 3.05) is 13.1 Å². The predicted molar refractivity (Wildman–Crippen MR) is 96.4 cm³/mol. The number of aryl methyl sites for hydroxylation is 1. The van der Waals surface area contributed by atoms with Crippen LogP contribution in [0.5, 0.6) is 0 Å². The van der Waals surface area contributed by atoms with Crippen LogP contribution in [0.2, 0.25) is 0 Å². The van der Waals surface area contributed by atoms with Crippen molar-refractivity contribution < 1.29 is 9.59 Å². The summed E-state index contributed by atoms with van der Waals surface area (Å²) in [5, 5.41) is 2.92. The van der Waals surface area contributed by atoms with Gasteiger partial charge in [-0.1, -0.05) is 35.9 Å². The minimum Gasteiger partial charge on any atom is -0.350 e. The molecule has 0 aromatic heterocycles. The average Bonchev–Trinajstić information content (AvgIpc) is 2.58. The van der Waals surface area contributed by atoms with Crippen LogP contribution in [0.15, 0.2) is 35.9 Å². The van der Waals surface area contributed by atoms with Gasteiger partial charge in [0.25, 0.3) is 0 Å². The molecule has 4 heteroatoms. The summed E-state index contributed by atoms with van der Waals surface area (Å²) in [7, 11) is 0.